The average Bonchev–Trinajstić information content (AvgIpc) is 2.14. The molecule has 13 heavy (non-hydrogen) atoms. The van der Waals surface area contributed by atoms with E-state index in [1.165, 1.54) is 0 Å². The highest BCUT2D eigenvalue weighted by molar-refractivity contribution is 5.77. The van der Waals surface area contributed by atoms with Crippen LogP contribution in [0.15, 0.2) is 0 Å². The predicted octanol–water partition coefficient (Wildman–Crippen LogP) is -0.111. The lowest BCUT2D eigenvalue weighted by Gasteiger charge is -2.27. The van der Waals surface area contributed by atoms with Gasteiger partial charge in [-0.05, 0) is 19.8 Å². The van der Waals surface area contributed by atoms with Gasteiger partial charge < -0.3 is 15.4 Å². The van der Waals surface area contributed by atoms with Crippen LogP contribution in [0.2, 0.25) is 0 Å². The first-order valence-corrected chi connectivity index (χ1v) is 4.78. The molecule has 0 aromatic heterocycles. The first-order chi connectivity index (χ1) is 6.22. The van der Waals surface area contributed by atoms with Crippen molar-refractivity contribution >= 4 is 5.91 Å². The van der Waals surface area contributed by atoms with Crippen LogP contribution < -0.4 is 10.6 Å². The van der Waals surface area contributed by atoms with Gasteiger partial charge in [-0.1, -0.05) is 0 Å². The number of hydrogen-bond acceptors (Lipinski definition) is 3. The topological polar surface area (TPSA) is 50.4 Å². The standard InChI is InChI=1S/C9H18N2O2/c1-7-5-8(3-4-13-7)11-6-9(12)10-2/h7-8,11H,3-6H2,1-2H3,(H,10,12). The Morgan fingerprint density at radius 2 is 2.38 bits per heavy atom. The van der Waals surface area contributed by atoms with Gasteiger partial charge in [-0.3, -0.25) is 4.79 Å². The molecule has 1 aliphatic heterocycles. The van der Waals surface area contributed by atoms with Crippen molar-refractivity contribution in [3.05, 3.63) is 0 Å². The predicted molar refractivity (Wildman–Crippen MR) is 50.5 cm³/mol. The Labute approximate surface area is 79.0 Å². The highest BCUT2D eigenvalue weighted by Crippen LogP contribution is 2.12. The normalized spacial score (nSPS) is 28.5. The Balaban J connectivity index is 2.17. The molecular formula is C9H18N2O2. The molecule has 1 heterocycles. The largest absolute Gasteiger partial charge is 0.378 e. The van der Waals surface area contributed by atoms with Gasteiger partial charge in [-0.15, -0.1) is 0 Å². The van der Waals surface area contributed by atoms with Crippen molar-refractivity contribution < 1.29 is 9.53 Å². The molecule has 4 heteroatoms. The van der Waals surface area contributed by atoms with E-state index < -0.39 is 0 Å². The molecule has 1 amide bonds. The van der Waals surface area contributed by atoms with Crippen LogP contribution in [-0.4, -0.2) is 38.3 Å². The summed E-state index contributed by atoms with van der Waals surface area (Å²) in [5.41, 5.74) is 0. The summed E-state index contributed by atoms with van der Waals surface area (Å²) in [5.74, 6) is 0.0409. The van der Waals surface area contributed by atoms with Crippen molar-refractivity contribution in [3.63, 3.8) is 0 Å². The van der Waals surface area contributed by atoms with E-state index in [0.717, 1.165) is 19.4 Å². The van der Waals surface area contributed by atoms with Gasteiger partial charge in [0.25, 0.3) is 0 Å². The fraction of sp³-hybridized carbons (Fsp3) is 0.889. The van der Waals surface area contributed by atoms with Crippen LogP contribution in [0.4, 0.5) is 0 Å². The zero-order valence-electron chi connectivity index (χ0n) is 8.30. The summed E-state index contributed by atoms with van der Waals surface area (Å²) in [6.07, 6.45) is 2.31. The molecule has 0 saturated carbocycles. The minimum atomic E-state index is 0.0409. The van der Waals surface area contributed by atoms with Crippen LogP contribution in [-0.2, 0) is 9.53 Å². The number of carbonyl (C=O) groups is 1. The Bertz CT molecular complexity index is 173. The van der Waals surface area contributed by atoms with Crippen molar-refractivity contribution in [2.24, 2.45) is 0 Å². The van der Waals surface area contributed by atoms with Gasteiger partial charge in [-0.2, -0.15) is 0 Å². The average molecular weight is 186 g/mol. The Hall–Kier alpha value is -0.610. The second-order valence-electron chi connectivity index (χ2n) is 3.46. The SMILES string of the molecule is CNC(=O)CNC1CCOC(C)C1. The maximum atomic E-state index is 10.9. The molecule has 0 radical (unpaired) electrons. The summed E-state index contributed by atoms with van der Waals surface area (Å²) >= 11 is 0. The van der Waals surface area contributed by atoms with Crippen molar-refractivity contribution in [1.82, 2.24) is 10.6 Å². The number of ether oxygens (including phenoxy) is 1. The first kappa shape index (κ1) is 10.5. The third-order valence-corrected chi connectivity index (χ3v) is 2.32. The van der Waals surface area contributed by atoms with Crippen molar-refractivity contribution in [2.45, 2.75) is 31.9 Å². The van der Waals surface area contributed by atoms with E-state index >= 15 is 0 Å². The van der Waals surface area contributed by atoms with Crippen LogP contribution >= 0.6 is 0 Å². The van der Waals surface area contributed by atoms with Gasteiger partial charge >= 0.3 is 0 Å². The number of rotatable bonds is 3. The monoisotopic (exact) mass is 186 g/mol. The smallest absolute Gasteiger partial charge is 0.233 e. The quantitative estimate of drug-likeness (QED) is 0.646. The van der Waals surface area contributed by atoms with E-state index in [9.17, 15) is 4.79 Å². The molecule has 1 saturated heterocycles. The van der Waals surface area contributed by atoms with Gasteiger partial charge in [-0.25, -0.2) is 0 Å². The maximum absolute atomic E-state index is 10.9. The molecule has 0 aromatic carbocycles. The first-order valence-electron chi connectivity index (χ1n) is 4.78. The van der Waals surface area contributed by atoms with Gasteiger partial charge in [0.1, 0.15) is 0 Å². The summed E-state index contributed by atoms with van der Waals surface area (Å²) in [7, 11) is 1.65. The Kier molecular flexibility index (Phi) is 4.18. The van der Waals surface area contributed by atoms with E-state index in [2.05, 4.69) is 17.6 Å². The van der Waals surface area contributed by atoms with Crippen LogP contribution in [0.1, 0.15) is 19.8 Å². The highest BCUT2D eigenvalue weighted by atomic mass is 16.5. The molecule has 0 aromatic rings. The number of hydrogen-bond donors (Lipinski definition) is 2. The molecule has 4 nitrogen and oxygen atoms in total. The minimum Gasteiger partial charge on any atom is -0.378 e. The third-order valence-electron chi connectivity index (χ3n) is 2.32. The van der Waals surface area contributed by atoms with E-state index in [0.29, 0.717) is 18.7 Å². The van der Waals surface area contributed by atoms with Gasteiger partial charge in [0.05, 0.1) is 12.6 Å². The highest BCUT2D eigenvalue weighted by Gasteiger charge is 2.18. The molecule has 0 bridgehead atoms. The zero-order chi connectivity index (χ0) is 9.68. The van der Waals surface area contributed by atoms with Crippen molar-refractivity contribution in [1.29, 1.82) is 0 Å². The molecule has 0 spiro atoms. The van der Waals surface area contributed by atoms with Crippen LogP contribution in [0.25, 0.3) is 0 Å². The third kappa shape index (κ3) is 3.74. The fourth-order valence-corrected chi connectivity index (χ4v) is 1.51. The van der Waals surface area contributed by atoms with E-state index in [4.69, 9.17) is 4.74 Å². The Morgan fingerprint density at radius 1 is 1.62 bits per heavy atom. The van der Waals surface area contributed by atoms with Gasteiger partial charge in [0.15, 0.2) is 0 Å². The zero-order valence-corrected chi connectivity index (χ0v) is 8.30. The minimum absolute atomic E-state index is 0.0409. The second kappa shape index (κ2) is 5.19. The molecule has 1 rings (SSSR count). The molecule has 0 aliphatic carbocycles. The number of nitrogens with one attached hydrogen (secondary N) is 2. The van der Waals surface area contributed by atoms with E-state index in [1.807, 2.05) is 0 Å². The molecule has 2 atom stereocenters. The summed E-state index contributed by atoms with van der Waals surface area (Å²) in [4.78, 5) is 10.9. The summed E-state index contributed by atoms with van der Waals surface area (Å²) < 4.78 is 5.40. The van der Waals surface area contributed by atoms with Crippen LogP contribution in [0.5, 0.6) is 0 Å². The van der Waals surface area contributed by atoms with Gasteiger partial charge in [0, 0.05) is 19.7 Å². The lowest BCUT2D eigenvalue weighted by Crippen LogP contribution is -2.42. The molecule has 2 unspecified atom stereocenters. The molecule has 1 fully saturated rings. The summed E-state index contributed by atoms with van der Waals surface area (Å²) in [6, 6.07) is 0.432. The van der Waals surface area contributed by atoms with Crippen molar-refractivity contribution in [2.75, 3.05) is 20.2 Å². The van der Waals surface area contributed by atoms with Crippen LogP contribution in [0, 0.1) is 0 Å². The molecule has 1 aliphatic rings. The van der Waals surface area contributed by atoms with E-state index in [1.54, 1.807) is 7.05 Å². The number of amides is 1. The molecular weight excluding hydrogens is 168 g/mol. The maximum Gasteiger partial charge on any atom is 0.233 e. The summed E-state index contributed by atoms with van der Waals surface area (Å²) in [5, 5.41) is 5.79. The lowest BCUT2D eigenvalue weighted by molar-refractivity contribution is -0.120. The number of carbonyl (C=O) groups excluding carboxylic acids is 1. The summed E-state index contributed by atoms with van der Waals surface area (Å²) in [6.45, 7) is 3.27. The van der Waals surface area contributed by atoms with Gasteiger partial charge in [0.2, 0.25) is 5.91 Å². The molecule has 2 N–H and O–H groups in total. The van der Waals surface area contributed by atoms with Crippen molar-refractivity contribution in [3.8, 4) is 0 Å². The fourth-order valence-electron chi connectivity index (χ4n) is 1.51. The molecule has 76 valence electrons. The lowest BCUT2D eigenvalue weighted by atomic mass is 10.0. The second-order valence-corrected chi connectivity index (χ2v) is 3.46. The van der Waals surface area contributed by atoms with Crippen LogP contribution in [0.3, 0.4) is 0 Å². The number of likely N-dealkylation sites (N-methyl/N-ethyl adjacent to an activating group) is 1. The Morgan fingerprint density at radius 3 is 3.00 bits per heavy atom. The van der Waals surface area contributed by atoms with E-state index in [-0.39, 0.29) is 5.91 Å².